The number of hydrogen-bond acceptors (Lipinski definition) is 2. The average molecular weight is 389 g/mol. The predicted octanol–water partition coefficient (Wildman–Crippen LogP) is -5.11. The van der Waals surface area contributed by atoms with Crippen LogP contribution in [0, 0.1) is 0 Å². The number of nitrogens with zero attached hydrogens (tertiary/aromatic N) is 2. The van der Waals surface area contributed by atoms with E-state index in [0.717, 1.165) is 61.2 Å². The van der Waals surface area contributed by atoms with Gasteiger partial charge in [-0.1, -0.05) is 6.92 Å². The lowest BCUT2D eigenvalue weighted by molar-refractivity contribution is -0.889. The van der Waals surface area contributed by atoms with E-state index < -0.39 is 0 Å². The van der Waals surface area contributed by atoms with Crippen molar-refractivity contribution < 1.29 is 43.3 Å². The summed E-state index contributed by atoms with van der Waals surface area (Å²) in [6, 6.07) is -0.0661. The highest BCUT2D eigenvalue weighted by Gasteiger charge is 2.14. The van der Waals surface area contributed by atoms with Crippen molar-refractivity contribution in [2.75, 3.05) is 81.2 Å². The average Bonchev–Trinajstić information content (AvgIpc) is 2.38. The Morgan fingerprint density at radius 1 is 0.875 bits per heavy atom. The molecule has 0 rings (SSSR count). The Labute approximate surface area is 161 Å². The van der Waals surface area contributed by atoms with Crippen LogP contribution in [0.3, 0.4) is 0 Å². The molecular formula is C16H38Cl2N4O2. The third kappa shape index (κ3) is 19.8. The van der Waals surface area contributed by atoms with E-state index in [4.69, 9.17) is 4.74 Å². The minimum atomic E-state index is -0.0661. The number of hydrogen-bond donors (Lipinski definition) is 2. The van der Waals surface area contributed by atoms with Gasteiger partial charge in [0.25, 0.3) is 0 Å². The number of carbonyl (C=O) groups is 1. The number of nitrogens with one attached hydrogen (secondary N) is 2. The van der Waals surface area contributed by atoms with E-state index in [1.807, 2.05) is 0 Å². The van der Waals surface area contributed by atoms with Crippen molar-refractivity contribution in [2.45, 2.75) is 19.8 Å². The van der Waals surface area contributed by atoms with Gasteiger partial charge in [0, 0.05) is 19.6 Å². The van der Waals surface area contributed by atoms with Gasteiger partial charge in [-0.05, 0) is 6.42 Å². The largest absolute Gasteiger partial charge is 1.00 e. The maximum atomic E-state index is 11.7. The summed E-state index contributed by atoms with van der Waals surface area (Å²) in [7, 11) is 10.8. The fraction of sp³-hybridized carbons (Fsp3) is 0.938. The molecule has 0 aromatic heterocycles. The van der Waals surface area contributed by atoms with Gasteiger partial charge < -0.3 is 49.2 Å². The smallest absolute Gasteiger partial charge is 0.315 e. The van der Waals surface area contributed by atoms with Crippen molar-refractivity contribution in [3.8, 4) is 0 Å². The molecule has 8 heteroatoms. The van der Waals surface area contributed by atoms with Gasteiger partial charge in [-0.25, -0.2) is 4.79 Å². The van der Waals surface area contributed by atoms with E-state index in [0.29, 0.717) is 6.54 Å². The Bertz CT molecular complexity index is 311. The lowest BCUT2D eigenvalue weighted by atomic mass is 10.3. The van der Waals surface area contributed by atoms with Crippen molar-refractivity contribution in [1.29, 1.82) is 0 Å². The molecule has 0 fully saturated rings. The van der Waals surface area contributed by atoms with Gasteiger partial charge in [0.05, 0.1) is 61.5 Å². The molecule has 0 spiro atoms. The molecule has 2 amide bonds. The second-order valence-corrected chi connectivity index (χ2v) is 7.55. The molecule has 0 aliphatic heterocycles. The van der Waals surface area contributed by atoms with Crippen molar-refractivity contribution >= 4 is 6.03 Å². The van der Waals surface area contributed by atoms with Crippen molar-refractivity contribution in [3.05, 3.63) is 0 Å². The molecule has 0 atom stereocenters. The second kappa shape index (κ2) is 15.0. The number of likely N-dealkylation sites (N-methyl/N-ethyl adjacent to an activating group) is 1. The summed E-state index contributed by atoms with van der Waals surface area (Å²) < 4.78 is 7.30. The van der Waals surface area contributed by atoms with Gasteiger partial charge >= 0.3 is 6.03 Å². The van der Waals surface area contributed by atoms with Gasteiger partial charge in [0.1, 0.15) is 6.54 Å². The highest BCUT2D eigenvalue weighted by molar-refractivity contribution is 5.73. The van der Waals surface area contributed by atoms with E-state index in [-0.39, 0.29) is 30.8 Å². The van der Waals surface area contributed by atoms with Crippen LogP contribution in [0.4, 0.5) is 4.79 Å². The van der Waals surface area contributed by atoms with Crippen LogP contribution in [0.25, 0.3) is 0 Å². The Kier molecular flexibility index (Phi) is 17.9. The molecule has 0 radical (unpaired) electrons. The van der Waals surface area contributed by atoms with E-state index >= 15 is 0 Å². The number of quaternary nitrogens is 2. The fourth-order valence-corrected chi connectivity index (χ4v) is 1.96. The minimum absolute atomic E-state index is 0. The Morgan fingerprint density at radius 2 is 1.46 bits per heavy atom. The summed E-state index contributed by atoms with van der Waals surface area (Å²) in [6.07, 6.45) is 2.05. The Morgan fingerprint density at radius 3 is 2.00 bits per heavy atom. The molecule has 0 saturated carbocycles. The summed E-state index contributed by atoms with van der Waals surface area (Å²) in [5.74, 6) is 0. The van der Waals surface area contributed by atoms with E-state index in [1.165, 1.54) is 0 Å². The first kappa shape index (κ1) is 28.5. The summed E-state index contributed by atoms with van der Waals surface area (Å²) in [4.78, 5) is 11.7. The lowest BCUT2D eigenvalue weighted by Gasteiger charge is -2.29. The number of amides is 2. The van der Waals surface area contributed by atoms with Crippen molar-refractivity contribution in [1.82, 2.24) is 10.6 Å². The zero-order valence-corrected chi connectivity index (χ0v) is 17.8. The van der Waals surface area contributed by atoms with Crippen LogP contribution in [0.5, 0.6) is 0 Å². The molecule has 0 aromatic carbocycles. The molecule has 0 bridgehead atoms. The van der Waals surface area contributed by atoms with E-state index in [9.17, 15) is 4.79 Å². The molecule has 0 heterocycles. The van der Waals surface area contributed by atoms with Crippen LogP contribution < -0.4 is 35.4 Å². The molecule has 148 valence electrons. The summed E-state index contributed by atoms with van der Waals surface area (Å²) >= 11 is 0. The number of urea groups is 1. The van der Waals surface area contributed by atoms with Crippen LogP contribution in [-0.2, 0) is 4.74 Å². The minimum Gasteiger partial charge on any atom is -1.00 e. The SMILES string of the molecule is CCCOCC[N+](C)(C)CCNC(=O)NCCC[N+](C)(C)C.[Cl-].[Cl-]. The first-order chi connectivity index (χ1) is 10.2. The van der Waals surface area contributed by atoms with Gasteiger partial charge in [0.15, 0.2) is 0 Å². The molecule has 0 saturated heterocycles. The van der Waals surface area contributed by atoms with Gasteiger partial charge in [-0.15, -0.1) is 0 Å². The third-order valence-electron chi connectivity index (χ3n) is 3.48. The first-order valence-electron chi connectivity index (χ1n) is 8.38. The normalized spacial score (nSPS) is 11.2. The molecule has 6 nitrogen and oxygen atoms in total. The summed E-state index contributed by atoms with van der Waals surface area (Å²) in [5, 5.41) is 5.84. The molecule has 0 aliphatic carbocycles. The fourth-order valence-electron chi connectivity index (χ4n) is 1.96. The lowest BCUT2D eigenvalue weighted by Crippen LogP contribution is -3.00. The van der Waals surface area contributed by atoms with Crippen molar-refractivity contribution in [2.24, 2.45) is 0 Å². The van der Waals surface area contributed by atoms with Crippen LogP contribution in [-0.4, -0.2) is 96.2 Å². The Balaban J connectivity index is -0.00000220. The molecule has 24 heavy (non-hydrogen) atoms. The molecule has 0 aliphatic rings. The monoisotopic (exact) mass is 388 g/mol. The highest BCUT2D eigenvalue weighted by Crippen LogP contribution is 1.96. The number of carbonyl (C=O) groups excluding carboxylic acids is 1. The van der Waals surface area contributed by atoms with Gasteiger partial charge in [-0.3, -0.25) is 0 Å². The Hall–Kier alpha value is -0.270. The molecule has 0 aromatic rings. The van der Waals surface area contributed by atoms with Crippen molar-refractivity contribution in [3.63, 3.8) is 0 Å². The number of halogens is 2. The van der Waals surface area contributed by atoms with E-state index in [1.54, 1.807) is 0 Å². The molecule has 2 N–H and O–H groups in total. The van der Waals surface area contributed by atoms with Crippen LogP contribution in [0.15, 0.2) is 0 Å². The number of ether oxygens (including phenoxy) is 1. The maximum absolute atomic E-state index is 11.7. The summed E-state index contributed by atoms with van der Waals surface area (Å²) in [6.45, 7) is 8.05. The second-order valence-electron chi connectivity index (χ2n) is 7.55. The van der Waals surface area contributed by atoms with E-state index in [2.05, 4.69) is 52.8 Å². The zero-order chi connectivity index (χ0) is 17.1. The quantitative estimate of drug-likeness (QED) is 0.259. The number of rotatable bonds is 12. The van der Waals surface area contributed by atoms with Crippen LogP contribution in [0.2, 0.25) is 0 Å². The first-order valence-corrected chi connectivity index (χ1v) is 8.38. The predicted molar refractivity (Wildman–Crippen MR) is 91.9 cm³/mol. The zero-order valence-electron chi connectivity index (χ0n) is 16.3. The van der Waals surface area contributed by atoms with Crippen LogP contribution in [0.1, 0.15) is 19.8 Å². The molecule has 0 unspecified atom stereocenters. The van der Waals surface area contributed by atoms with Gasteiger partial charge in [-0.2, -0.15) is 0 Å². The maximum Gasteiger partial charge on any atom is 0.315 e. The topological polar surface area (TPSA) is 50.4 Å². The van der Waals surface area contributed by atoms with Gasteiger partial charge in [0.2, 0.25) is 0 Å². The third-order valence-corrected chi connectivity index (χ3v) is 3.48. The summed E-state index contributed by atoms with van der Waals surface area (Å²) in [5.41, 5.74) is 0. The highest BCUT2D eigenvalue weighted by atomic mass is 35.5. The molecular weight excluding hydrogens is 351 g/mol. The van der Waals surface area contributed by atoms with Crippen LogP contribution >= 0.6 is 0 Å². The standard InChI is InChI=1S/C16H37N4O2.2ClH/c1-7-14-22-15-13-20(5,6)12-10-18-16(21)17-9-8-11-19(2,3)4;;/h7-15H2,1-6H3,(H-,17,18,21);2*1H/q+1;;/p-1.